The van der Waals surface area contributed by atoms with Crippen LogP contribution in [0.4, 0.5) is 11.4 Å². The highest BCUT2D eigenvalue weighted by Crippen LogP contribution is 2.25. The first-order valence-corrected chi connectivity index (χ1v) is 8.33. The Kier molecular flexibility index (Phi) is 6.09. The molecule has 0 aromatic heterocycles. The van der Waals surface area contributed by atoms with E-state index < -0.39 is 0 Å². The highest BCUT2D eigenvalue weighted by molar-refractivity contribution is 5.91. The van der Waals surface area contributed by atoms with Crippen molar-refractivity contribution in [2.24, 2.45) is 5.92 Å². The normalized spacial score (nSPS) is 16.3. The van der Waals surface area contributed by atoms with Crippen LogP contribution in [0.3, 0.4) is 0 Å². The zero-order chi connectivity index (χ0) is 15.1. The SMILES string of the molecule is CCC(=O)Nc1ccc(C)c(NCC2CCCCCC2)c1. The lowest BCUT2D eigenvalue weighted by Gasteiger charge is -2.18. The van der Waals surface area contributed by atoms with Gasteiger partial charge in [-0.25, -0.2) is 0 Å². The van der Waals surface area contributed by atoms with Crippen molar-refractivity contribution in [3.05, 3.63) is 23.8 Å². The Balaban J connectivity index is 1.94. The minimum absolute atomic E-state index is 0.0635. The summed E-state index contributed by atoms with van der Waals surface area (Å²) in [6, 6.07) is 6.10. The van der Waals surface area contributed by atoms with Crippen LogP contribution in [-0.2, 0) is 4.79 Å². The van der Waals surface area contributed by atoms with Crippen molar-refractivity contribution >= 4 is 17.3 Å². The van der Waals surface area contributed by atoms with E-state index in [0.29, 0.717) is 6.42 Å². The number of benzene rings is 1. The number of hydrogen-bond acceptors (Lipinski definition) is 2. The first-order chi connectivity index (χ1) is 10.2. The van der Waals surface area contributed by atoms with Gasteiger partial charge in [0.2, 0.25) is 5.91 Å². The fraction of sp³-hybridized carbons (Fsp3) is 0.611. The lowest BCUT2D eigenvalue weighted by atomic mass is 10.00. The smallest absolute Gasteiger partial charge is 0.224 e. The second-order valence-electron chi connectivity index (χ2n) is 6.17. The molecule has 0 radical (unpaired) electrons. The lowest BCUT2D eigenvalue weighted by molar-refractivity contribution is -0.115. The van der Waals surface area contributed by atoms with Crippen molar-refractivity contribution in [2.45, 2.75) is 58.8 Å². The van der Waals surface area contributed by atoms with Crippen LogP contribution in [0, 0.1) is 12.8 Å². The molecule has 0 atom stereocenters. The van der Waals surface area contributed by atoms with Gasteiger partial charge in [-0.1, -0.05) is 38.7 Å². The van der Waals surface area contributed by atoms with Crippen LogP contribution in [-0.4, -0.2) is 12.5 Å². The molecule has 0 aliphatic heterocycles. The van der Waals surface area contributed by atoms with E-state index in [1.807, 2.05) is 13.0 Å². The Bertz CT molecular complexity index is 462. The number of rotatable bonds is 5. The van der Waals surface area contributed by atoms with Crippen molar-refractivity contribution < 1.29 is 4.79 Å². The van der Waals surface area contributed by atoms with Crippen LogP contribution in [0.25, 0.3) is 0 Å². The Hall–Kier alpha value is -1.51. The zero-order valence-corrected chi connectivity index (χ0v) is 13.4. The largest absolute Gasteiger partial charge is 0.384 e. The fourth-order valence-electron chi connectivity index (χ4n) is 2.96. The molecule has 0 saturated heterocycles. The summed E-state index contributed by atoms with van der Waals surface area (Å²) in [7, 11) is 0. The summed E-state index contributed by atoms with van der Waals surface area (Å²) < 4.78 is 0. The monoisotopic (exact) mass is 288 g/mol. The van der Waals surface area contributed by atoms with Crippen molar-refractivity contribution in [1.29, 1.82) is 0 Å². The maximum absolute atomic E-state index is 11.5. The number of aryl methyl sites for hydroxylation is 1. The third-order valence-corrected chi connectivity index (χ3v) is 4.40. The molecule has 1 aromatic rings. The number of carbonyl (C=O) groups excluding carboxylic acids is 1. The van der Waals surface area contributed by atoms with Gasteiger partial charge in [-0.2, -0.15) is 0 Å². The molecule has 0 spiro atoms. The molecular weight excluding hydrogens is 260 g/mol. The summed E-state index contributed by atoms with van der Waals surface area (Å²) in [5, 5.41) is 6.52. The van der Waals surface area contributed by atoms with Crippen LogP contribution >= 0.6 is 0 Å². The molecule has 21 heavy (non-hydrogen) atoms. The summed E-state index contributed by atoms with van der Waals surface area (Å²) in [6.07, 6.45) is 8.74. The van der Waals surface area contributed by atoms with Gasteiger partial charge in [-0.15, -0.1) is 0 Å². The van der Waals surface area contributed by atoms with Crippen LogP contribution in [0.5, 0.6) is 0 Å². The van der Waals surface area contributed by atoms with Gasteiger partial charge in [0, 0.05) is 24.3 Å². The molecule has 1 fully saturated rings. The van der Waals surface area contributed by atoms with E-state index >= 15 is 0 Å². The predicted octanol–water partition coefficient (Wildman–Crippen LogP) is 4.73. The summed E-state index contributed by atoms with van der Waals surface area (Å²) in [5.41, 5.74) is 3.27. The predicted molar refractivity (Wildman–Crippen MR) is 89.8 cm³/mol. The van der Waals surface area contributed by atoms with Crippen molar-refractivity contribution in [1.82, 2.24) is 0 Å². The molecule has 2 rings (SSSR count). The summed E-state index contributed by atoms with van der Waals surface area (Å²) in [4.78, 5) is 11.5. The van der Waals surface area contributed by atoms with Crippen LogP contribution in [0.1, 0.15) is 57.4 Å². The van der Waals surface area contributed by atoms with E-state index in [-0.39, 0.29) is 5.91 Å². The van der Waals surface area contributed by atoms with Gasteiger partial charge in [-0.3, -0.25) is 4.79 Å². The fourth-order valence-corrected chi connectivity index (χ4v) is 2.96. The number of anilines is 2. The number of hydrogen-bond donors (Lipinski definition) is 2. The Morgan fingerprint density at radius 1 is 1.19 bits per heavy atom. The average Bonchev–Trinajstić information content (AvgIpc) is 2.76. The first kappa shape index (κ1) is 15.9. The number of nitrogens with one attached hydrogen (secondary N) is 2. The van der Waals surface area contributed by atoms with Crippen LogP contribution < -0.4 is 10.6 Å². The van der Waals surface area contributed by atoms with E-state index in [0.717, 1.165) is 23.8 Å². The molecule has 2 N–H and O–H groups in total. The molecular formula is C18H28N2O. The molecule has 0 heterocycles. The summed E-state index contributed by atoms with van der Waals surface area (Å²) in [5.74, 6) is 0.856. The van der Waals surface area contributed by atoms with Gasteiger partial charge in [0.05, 0.1) is 0 Å². The van der Waals surface area contributed by atoms with Gasteiger partial charge < -0.3 is 10.6 Å². The van der Waals surface area contributed by atoms with E-state index in [1.54, 1.807) is 0 Å². The molecule has 3 nitrogen and oxygen atoms in total. The average molecular weight is 288 g/mol. The van der Waals surface area contributed by atoms with Crippen LogP contribution in [0.2, 0.25) is 0 Å². The third kappa shape index (κ3) is 5.07. The van der Waals surface area contributed by atoms with Gasteiger partial charge in [0.15, 0.2) is 0 Å². The molecule has 0 bridgehead atoms. The van der Waals surface area contributed by atoms with E-state index in [2.05, 4.69) is 29.7 Å². The summed E-state index contributed by atoms with van der Waals surface area (Å²) in [6.45, 7) is 5.03. The van der Waals surface area contributed by atoms with Gasteiger partial charge >= 0.3 is 0 Å². The highest BCUT2D eigenvalue weighted by Gasteiger charge is 2.12. The maximum atomic E-state index is 11.5. The summed E-state index contributed by atoms with van der Waals surface area (Å²) >= 11 is 0. The van der Waals surface area contributed by atoms with Gasteiger partial charge in [0.25, 0.3) is 0 Å². The molecule has 1 aliphatic carbocycles. The van der Waals surface area contributed by atoms with Gasteiger partial charge in [0.1, 0.15) is 0 Å². The second-order valence-corrected chi connectivity index (χ2v) is 6.17. The Morgan fingerprint density at radius 3 is 2.57 bits per heavy atom. The van der Waals surface area contributed by atoms with Crippen molar-refractivity contribution in [3.63, 3.8) is 0 Å². The number of amides is 1. The highest BCUT2D eigenvalue weighted by atomic mass is 16.1. The molecule has 1 aliphatic rings. The molecule has 1 saturated carbocycles. The minimum Gasteiger partial charge on any atom is -0.384 e. The molecule has 1 aromatic carbocycles. The van der Waals surface area contributed by atoms with Crippen molar-refractivity contribution in [2.75, 3.05) is 17.2 Å². The quantitative estimate of drug-likeness (QED) is 0.769. The lowest BCUT2D eigenvalue weighted by Crippen LogP contribution is -2.15. The van der Waals surface area contributed by atoms with E-state index in [1.165, 1.54) is 44.1 Å². The standard InChI is InChI=1S/C18H28N2O/c1-3-18(21)20-16-11-10-14(2)17(12-16)19-13-15-8-6-4-5-7-9-15/h10-12,15,19H,3-9,13H2,1-2H3,(H,20,21). The molecule has 0 unspecified atom stereocenters. The number of carbonyl (C=O) groups is 1. The third-order valence-electron chi connectivity index (χ3n) is 4.40. The molecule has 1 amide bonds. The molecule has 116 valence electrons. The van der Waals surface area contributed by atoms with Crippen LogP contribution in [0.15, 0.2) is 18.2 Å². The first-order valence-electron chi connectivity index (χ1n) is 8.33. The topological polar surface area (TPSA) is 41.1 Å². The van der Waals surface area contributed by atoms with E-state index in [9.17, 15) is 4.79 Å². The molecule has 3 heteroatoms. The van der Waals surface area contributed by atoms with E-state index in [4.69, 9.17) is 0 Å². The van der Waals surface area contributed by atoms with Crippen molar-refractivity contribution in [3.8, 4) is 0 Å². The van der Waals surface area contributed by atoms with Gasteiger partial charge in [-0.05, 0) is 43.4 Å². The maximum Gasteiger partial charge on any atom is 0.224 e. The second kappa shape index (κ2) is 8.06. The minimum atomic E-state index is 0.0635. The zero-order valence-electron chi connectivity index (χ0n) is 13.4. The Morgan fingerprint density at radius 2 is 1.90 bits per heavy atom. The Labute approximate surface area is 128 Å².